The van der Waals surface area contributed by atoms with Gasteiger partial charge in [0.1, 0.15) is 17.6 Å². The molecule has 0 fully saturated rings. The second-order valence-electron chi connectivity index (χ2n) is 3.26. The lowest BCUT2D eigenvalue weighted by molar-refractivity contribution is 0.470. The molecule has 0 aliphatic heterocycles. The minimum Gasteiger partial charge on any atom is -0.508 e. The molecule has 0 aromatic heterocycles. The number of halogens is 2. The Morgan fingerprint density at radius 3 is 2.80 bits per heavy atom. The van der Waals surface area contributed by atoms with Gasteiger partial charge in [-0.3, -0.25) is 0 Å². The summed E-state index contributed by atoms with van der Waals surface area (Å²) in [5, 5.41) is 18.0. The number of phenols is 1. The van der Waals surface area contributed by atoms with Gasteiger partial charge < -0.3 is 5.11 Å². The van der Waals surface area contributed by atoms with Crippen LogP contribution in [0.5, 0.6) is 5.75 Å². The number of alkyl halides is 1. The standard InChI is InChI=1S/C11H11BrFNO/c1-2-3-10(12)9-5-8(15)4-7(6-14)11(9)13/h4-5,10,15H,2-3H2,1H3. The number of nitrogens with zero attached hydrogens (tertiary/aromatic N) is 1. The topological polar surface area (TPSA) is 44.0 Å². The first-order chi connectivity index (χ1) is 7.10. The average molecular weight is 272 g/mol. The van der Waals surface area contributed by atoms with Crippen molar-refractivity contribution in [1.82, 2.24) is 0 Å². The summed E-state index contributed by atoms with van der Waals surface area (Å²) >= 11 is 3.33. The summed E-state index contributed by atoms with van der Waals surface area (Å²) in [5.74, 6) is -0.630. The summed E-state index contributed by atoms with van der Waals surface area (Å²) < 4.78 is 13.7. The van der Waals surface area contributed by atoms with Crippen LogP contribution in [0.4, 0.5) is 4.39 Å². The van der Waals surface area contributed by atoms with Crippen molar-refractivity contribution in [3.63, 3.8) is 0 Å². The van der Waals surface area contributed by atoms with Crippen LogP contribution < -0.4 is 0 Å². The molecule has 1 atom stereocenters. The molecular weight excluding hydrogens is 261 g/mol. The molecule has 0 aliphatic rings. The Labute approximate surface area is 96.5 Å². The Morgan fingerprint density at radius 1 is 1.60 bits per heavy atom. The van der Waals surface area contributed by atoms with Gasteiger partial charge in [0.2, 0.25) is 0 Å². The van der Waals surface area contributed by atoms with E-state index in [1.165, 1.54) is 6.07 Å². The Kier molecular flexibility index (Phi) is 4.10. The van der Waals surface area contributed by atoms with Crippen molar-refractivity contribution in [2.45, 2.75) is 24.6 Å². The molecule has 0 aliphatic carbocycles. The summed E-state index contributed by atoms with van der Waals surface area (Å²) in [5.41, 5.74) is 0.221. The zero-order valence-electron chi connectivity index (χ0n) is 8.30. The molecule has 4 heteroatoms. The third kappa shape index (κ3) is 2.69. The Morgan fingerprint density at radius 2 is 2.27 bits per heavy atom. The molecule has 0 spiro atoms. The van der Waals surface area contributed by atoms with Crippen LogP contribution in [0.2, 0.25) is 0 Å². The zero-order chi connectivity index (χ0) is 11.4. The maximum atomic E-state index is 13.7. The lowest BCUT2D eigenvalue weighted by Crippen LogP contribution is -1.97. The van der Waals surface area contributed by atoms with Crippen molar-refractivity contribution >= 4 is 15.9 Å². The van der Waals surface area contributed by atoms with E-state index in [0.29, 0.717) is 5.56 Å². The molecule has 0 saturated carbocycles. The number of aromatic hydroxyl groups is 1. The third-order valence-electron chi connectivity index (χ3n) is 2.09. The number of hydrogen-bond donors (Lipinski definition) is 1. The fourth-order valence-electron chi connectivity index (χ4n) is 1.35. The van der Waals surface area contributed by atoms with Crippen LogP contribution in [0.25, 0.3) is 0 Å². The number of phenolic OH excluding ortho intramolecular Hbond substituents is 1. The molecule has 2 nitrogen and oxygen atoms in total. The summed E-state index contributed by atoms with van der Waals surface area (Å²) in [6, 6.07) is 4.20. The van der Waals surface area contributed by atoms with Gasteiger partial charge in [-0.2, -0.15) is 5.26 Å². The van der Waals surface area contributed by atoms with Crippen molar-refractivity contribution < 1.29 is 9.50 Å². The van der Waals surface area contributed by atoms with E-state index in [2.05, 4.69) is 15.9 Å². The van der Waals surface area contributed by atoms with Crippen LogP contribution in [0.15, 0.2) is 12.1 Å². The van der Waals surface area contributed by atoms with Crippen LogP contribution >= 0.6 is 15.9 Å². The van der Waals surface area contributed by atoms with Crippen LogP contribution in [-0.2, 0) is 0 Å². The van der Waals surface area contributed by atoms with Gasteiger partial charge in [-0.05, 0) is 12.5 Å². The van der Waals surface area contributed by atoms with Gasteiger partial charge in [-0.15, -0.1) is 0 Å². The SMILES string of the molecule is CCCC(Br)c1cc(O)cc(C#N)c1F. The normalized spacial score (nSPS) is 12.1. The minimum absolute atomic E-state index is 0.0801. The van der Waals surface area contributed by atoms with Crippen molar-refractivity contribution in [3.05, 3.63) is 29.1 Å². The fraction of sp³-hybridized carbons (Fsp3) is 0.364. The fourth-order valence-corrected chi connectivity index (χ4v) is 2.14. The largest absolute Gasteiger partial charge is 0.508 e. The third-order valence-corrected chi connectivity index (χ3v) is 3.04. The van der Waals surface area contributed by atoms with Crippen molar-refractivity contribution in [3.8, 4) is 11.8 Å². The van der Waals surface area contributed by atoms with Gasteiger partial charge in [0.15, 0.2) is 0 Å². The predicted octanol–water partition coefficient (Wildman–Crippen LogP) is 3.64. The van der Waals surface area contributed by atoms with Crippen LogP contribution in [-0.4, -0.2) is 5.11 Å². The summed E-state index contributed by atoms with van der Waals surface area (Å²) in [6.07, 6.45) is 1.65. The highest BCUT2D eigenvalue weighted by Crippen LogP contribution is 2.33. The molecule has 1 N–H and O–H groups in total. The lowest BCUT2D eigenvalue weighted by atomic mass is 10.0. The number of hydrogen-bond acceptors (Lipinski definition) is 2. The quantitative estimate of drug-likeness (QED) is 0.854. The van der Waals surface area contributed by atoms with E-state index in [0.717, 1.165) is 18.9 Å². The van der Waals surface area contributed by atoms with Crippen LogP contribution in [0.3, 0.4) is 0 Å². The van der Waals surface area contributed by atoms with Gasteiger partial charge >= 0.3 is 0 Å². The monoisotopic (exact) mass is 271 g/mol. The second-order valence-corrected chi connectivity index (χ2v) is 4.37. The van der Waals surface area contributed by atoms with E-state index in [4.69, 9.17) is 5.26 Å². The van der Waals surface area contributed by atoms with E-state index in [-0.39, 0.29) is 16.1 Å². The van der Waals surface area contributed by atoms with Crippen LogP contribution in [0, 0.1) is 17.1 Å². The molecular formula is C11H11BrFNO. The second kappa shape index (κ2) is 5.13. The lowest BCUT2D eigenvalue weighted by Gasteiger charge is -2.11. The maximum absolute atomic E-state index is 13.7. The molecule has 0 heterocycles. The molecule has 0 amide bonds. The first-order valence-corrected chi connectivity index (χ1v) is 5.58. The average Bonchev–Trinajstić information content (AvgIpc) is 2.21. The summed E-state index contributed by atoms with van der Waals surface area (Å²) in [6.45, 7) is 1.99. The van der Waals surface area contributed by atoms with E-state index in [9.17, 15) is 9.50 Å². The molecule has 0 saturated heterocycles. The summed E-state index contributed by atoms with van der Waals surface area (Å²) in [7, 11) is 0. The Bertz CT molecular complexity index is 400. The molecule has 15 heavy (non-hydrogen) atoms. The van der Waals surface area contributed by atoms with Gasteiger partial charge in [0.05, 0.1) is 5.56 Å². The Balaban J connectivity index is 3.18. The van der Waals surface area contributed by atoms with Crippen molar-refractivity contribution in [2.24, 2.45) is 0 Å². The van der Waals surface area contributed by atoms with Crippen molar-refractivity contribution in [1.29, 1.82) is 5.26 Å². The highest BCUT2D eigenvalue weighted by Gasteiger charge is 2.16. The first kappa shape index (κ1) is 12.0. The molecule has 1 aromatic carbocycles. The molecule has 0 radical (unpaired) electrons. The summed E-state index contributed by atoms with van der Waals surface area (Å²) in [4.78, 5) is -0.165. The molecule has 80 valence electrons. The highest BCUT2D eigenvalue weighted by atomic mass is 79.9. The van der Waals surface area contributed by atoms with Gasteiger partial charge in [-0.1, -0.05) is 29.3 Å². The van der Waals surface area contributed by atoms with Crippen molar-refractivity contribution in [2.75, 3.05) is 0 Å². The van der Waals surface area contributed by atoms with E-state index >= 15 is 0 Å². The first-order valence-electron chi connectivity index (χ1n) is 4.66. The van der Waals surface area contributed by atoms with E-state index in [1.807, 2.05) is 6.92 Å². The molecule has 0 bridgehead atoms. The van der Waals surface area contributed by atoms with Gasteiger partial charge in [0.25, 0.3) is 0 Å². The van der Waals surface area contributed by atoms with E-state index in [1.54, 1.807) is 6.07 Å². The van der Waals surface area contributed by atoms with Gasteiger partial charge in [-0.25, -0.2) is 4.39 Å². The minimum atomic E-state index is -0.550. The zero-order valence-corrected chi connectivity index (χ0v) is 9.88. The smallest absolute Gasteiger partial charge is 0.145 e. The van der Waals surface area contributed by atoms with E-state index < -0.39 is 5.82 Å². The Hall–Kier alpha value is -1.08. The van der Waals surface area contributed by atoms with Crippen LogP contribution in [0.1, 0.15) is 35.7 Å². The van der Waals surface area contributed by atoms with Gasteiger partial charge in [0, 0.05) is 16.5 Å². The number of rotatable bonds is 3. The number of benzene rings is 1. The predicted molar refractivity (Wildman–Crippen MR) is 59.4 cm³/mol. The molecule has 1 rings (SSSR count). The highest BCUT2D eigenvalue weighted by molar-refractivity contribution is 9.09. The maximum Gasteiger partial charge on any atom is 0.145 e. The molecule has 1 unspecified atom stereocenters. The number of nitriles is 1. The molecule has 1 aromatic rings.